The highest BCUT2D eigenvalue weighted by Gasteiger charge is 2.14. The number of nitrogens with zero attached hydrogens (tertiary/aromatic N) is 2. The Balaban J connectivity index is 2.75. The number of thiophene rings is 1. The Kier molecular flexibility index (Phi) is 3.21. The average Bonchev–Trinajstić information content (AvgIpc) is 2.62. The molecule has 7 heteroatoms. The van der Waals surface area contributed by atoms with Crippen LogP contribution < -0.4 is 5.56 Å². The number of hydrogen-bond donors (Lipinski definition) is 1. The molecule has 0 amide bonds. The van der Waals surface area contributed by atoms with Crippen LogP contribution in [0.3, 0.4) is 0 Å². The summed E-state index contributed by atoms with van der Waals surface area (Å²) in [6.07, 6.45) is 1.77. The number of carboxylic acids is 1. The lowest BCUT2D eigenvalue weighted by Crippen LogP contribution is -2.26. The number of thioether (sulfide) groups is 1. The van der Waals surface area contributed by atoms with Crippen LogP contribution in [0.25, 0.3) is 10.2 Å². The highest BCUT2D eigenvalue weighted by Crippen LogP contribution is 2.22. The molecule has 0 spiro atoms. The molecule has 90 valence electrons. The van der Waals surface area contributed by atoms with Gasteiger partial charge in [0.25, 0.3) is 5.56 Å². The van der Waals surface area contributed by atoms with Crippen molar-refractivity contribution in [1.82, 2.24) is 9.55 Å². The minimum atomic E-state index is -1.05. The van der Waals surface area contributed by atoms with Crippen molar-refractivity contribution >= 4 is 39.3 Å². The van der Waals surface area contributed by atoms with Crippen LogP contribution in [-0.2, 0) is 11.3 Å². The molecular formula is C10H10N2O3S2. The first-order valence-corrected chi connectivity index (χ1v) is 6.84. The van der Waals surface area contributed by atoms with Gasteiger partial charge in [0.2, 0.25) is 0 Å². The van der Waals surface area contributed by atoms with Crippen molar-refractivity contribution < 1.29 is 9.90 Å². The predicted octanol–water partition coefficient (Wildman–Crippen LogP) is 1.57. The highest BCUT2D eigenvalue weighted by atomic mass is 32.2. The predicted molar refractivity (Wildman–Crippen MR) is 68.0 cm³/mol. The zero-order chi connectivity index (χ0) is 12.6. The van der Waals surface area contributed by atoms with E-state index in [1.54, 1.807) is 12.3 Å². The molecule has 0 aliphatic carbocycles. The summed E-state index contributed by atoms with van der Waals surface area (Å²) < 4.78 is 1.20. The molecule has 0 aliphatic heterocycles. The van der Waals surface area contributed by atoms with Gasteiger partial charge < -0.3 is 5.11 Å². The number of carboxylic acid groups (broad SMARTS) is 1. The number of carbonyl (C=O) groups is 1. The van der Waals surface area contributed by atoms with E-state index in [2.05, 4.69) is 4.98 Å². The number of fused-ring (bicyclic) bond motifs is 1. The van der Waals surface area contributed by atoms with Crippen LogP contribution in [0.4, 0.5) is 0 Å². The second-order valence-corrected chi connectivity index (χ2v) is 5.47. The third-order valence-electron chi connectivity index (χ3n) is 2.22. The molecule has 0 radical (unpaired) electrons. The van der Waals surface area contributed by atoms with Gasteiger partial charge in [-0.2, -0.15) is 0 Å². The molecule has 5 nitrogen and oxygen atoms in total. The smallest absolute Gasteiger partial charge is 0.323 e. The van der Waals surface area contributed by atoms with Crippen LogP contribution in [0.2, 0.25) is 0 Å². The first kappa shape index (κ1) is 12.1. The van der Waals surface area contributed by atoms with Gasteiger partial charge in [0.05, 0.1) is 5.39 Å². The van der Waals surface area contributed by atoms with E-state index in [0.29, 0.717) is 15.4 Å². The topological polar surface area (TPSA) is 72.2 Å². The van der Waals surface area contributed by atoms with Gasteiger partial charge >= 0.3 is 5.97 Å². The second-order valence-electron chi connectivity index (χ2n) is 3.46. The van der Waals surface area contributed by atoms with E-state index in [-0.39, 0.29) is 12.1 Å². The average molecular weight is 270 g/mol. The number of aliphatic carboxylic acids is 1. The molecular weight excluding hydrogens is 260 g/mol. The Bertz CT molecular complexity index is 645. The Hall–Kier alpha value is -1.34. The van der Waals surface area contributed by atoms with Crippen molar-refractivity contribution in [3.63, 3.8) is 0 Å². The second kappa shape index (κ2) is 4.50. The Morgan fingerprint density at radius 3 is 2.94 bits per heavy atom. The van der Waals surface area contributed by atoms with Crippen LogP contribution >= 0.6 is 23.1 Å². The molecule has 0 atom stereocenters. The van der Waals surface area contributed by atoms with Crippen molar-refractivity contribution in [1.29, 1.82) is 0 Å². The lowest BCUT2D eigenvalue weighted by molar-refractivity contribution is -0.137. The summed E-state index contributed by atoms with van der Waals surface area (Å²) in [4.78, 5) is 28.8. The van der Waals surface area contributed by atoms with Crippen molar-refractivity contribution in [2.45, 2.75) is 18.6 Å². The Morgan fingerprint density at radius 1 is 1.65 bits per heavy atom. The van der Waals surface area contributed by atoms with E-state index >= 15 is 0 Å². The maximum atomic E-state index is 12.1. The van der Waals surface area contributed by atoms with Gasteiger partial charge in [0, 0.05) is 4.88 Å². The third-order valence-corrected chi connectivity index (χ3v) is 3.84. The molecule has 1 N–H and O–H groups in total. The van der Waals surface area contributed by atoms with Gasteiger partial charge in [-0.1, -0.05) is 11.8 Å². The quantitative estimate of drug-likeness (QED) is 0.677. The molecule has 0 aromatic carbocycles. The minimum absolute atomic E-state index is 0.286. The first-order chi connectivity index (χ1) is 8.02. The van der Waals surface area contributed by atoms with Crippen LogP contribution in [0.5, 0.6) is 0 Å². The van der Waals surface area contributed by atoms with Gasteiger partial charge in [0.1, 0.15) is 11.4 Å². The van der Waals surface area contributed by atoms with Gasteiger partial charge in [-0.15, -0.1) is 11.3 Å². The van der Waals surface area contributed by atoms with Crippen LogP contribution in [0.15, 0.2) is 16.0 Å². The van der Waals surface area contributed by atoms with Crippen molar-refractivity contribution in [2.24, 2.45) is 0 Å². The lowest BCUT2D eigenvalue weighted by Gasteiger charge is -2.07. The van der Waals surface area contributed by atoms with Crippen molar-refractivity contribution in [2.75, 3.05) is 6.26 Å². The summed E-state index contributed by atoms with van der Waals surface area (Å²) in [6.45, 7) is 1.54. The molecule has 2 aromatic rings. The third kappa shape index (κ3) is 2.20. The highest BCUT2D eigenvalue weighted by molar-refractivity contribution is 7.98. The fourth-order valence-corrected chi connectivity index (χ4v) is 3.03. The van der Waals surface area contributed by atoms with Gasteiger partial charge in [-0.25, -0.2) is 4.98 Å². The molecule has 0 unspecified atom stereocenters. The van der Waals surface area contributed by atoms with Crippen LogP contribution in [0, 0.1) is 6.92 Å². The molecule has 0 aliphatic rings. The van der Waals surface area contributed by atoms with E-state index < -0.39 is 5.97 Å². The fraction of sp³-hybridized carbons (Fsp3) is 0.300. The summed E-state index contributed by atoms with van der Waals surface area (Å²) in [7, 11) is 0. The maximum absolute atomic E-state index is 12.1. The largest absolute Gasteiger partial charge is 0.480 e. The normalized spacial score (nSPS) is 10.9. The Labute approximate surface area is 105 Å². The summed E-state index contributed by atoms with van der Waals surface area (Å²) in [5.74, 6) is -1.05. The van der Waals surface area contributed by atoms with Gasteiger partial charge in [-0.05, 0) is 19.2 Å². The number of hydrogen-bond acceptors (Lipinski definition) is 5. The van der Waals surface area contributed by atoms with Crippen LogP contribution in [-0.4, -0.2) is 26.9 Å². The summed E-state index contributed by atoms with van der Waals surface area (Å²) in [6, 6.07) is 1.75. The van der Waals surface area contributed by atoms with Gasteiger partial charge in [0.15, 0.2) is 5.16 Å². The zero-order valence-electron chi connectivity index (χ0n) is 9.26. The summed E-state index contributed by atoms with van der Waals surface area (Å²) >= 11 is 2.71. The summed E-state index contributed by atoms with van der Waals surface area (Å²) in [5.41, 5.74) is -0.286. The standard InChI is InChI=1S/C10H10N2O3S2/c1-5-3-6-8(17-5)11-10(16-2)12(9(6)15)4-7(13)14/h3H,4H2,1-2H3,(H,13,14). The zero-order valence-corrected chi connectivity index (χ0v) is 10.9. The molecule has 2 heterocycles. The maximum Gasteiger partial charge on any atom is 0.323 e. The SMILES string of the molecule is CSc1nc2sc(C)cc2c(=O)n1CC(=O)O. The van der Waals surface area contributed by atoms with Crippen molar-refractivity contribution in [3.05, 3.63) is 21.3 Å². The van der Waals surface area contributed by atoms with E-state index in [1.807, 2.05) is 6.92 Å². The molecule has 0 fully saturated rings. The molecule has 17 heavy (non-hydrogen) atoms. The molecule has 0 saturated carbocycles. The molecule has 2 rings (SSSR count). The minimum Gasteiger partial charge on any atom is -0.480 e. The van der Waals surface area contributed by atoms with E-state index in [9.17, 15) is 9.59 Å². The monoisotopic (exact) mass is 270 g/mol. The fourth-order valence-electron chi connectivity index (χ4n) is 1.55. The summed E-state index contributed by atoms with van der Waals surface area (Å²) in [5, 5.41) is 9.72. The van der Waals surface area contributed by atoms with E-state index in [0.717, 1.165) is 4.88 Å². The van der Waals surface area contributed by atoms with Crippen LogP contribution in [0.1, 0.15) is 4.88 Å². The number of rotatable bonds is 3. The van der Waals surface area contributed by atoms with Gasteiger partial charge in [-0.3, -0.25) is 14.2 Å². The first-order valence-electron chi connectivity index (χ1n) is 4.79. The molecule has 2 aromatic heterocycles. The number of aromatic nitrogens is 2. The molecule has 0 saturated heterocycles. The van der Waals surface area contributed by atoms with Crippen molar-refractivity contribution in [3.8, 4) is 0 Å². The number of aryl methyl sites for hydroxylation is 1. The van der Waals surface area contributed by atoms with E-state index in [1.165, 1.54) is 27.7 Å². The Morgan fingerprint density at radius 2 is 2.35 bits per heavy atom. The lowest BCUT2D eigenvalue weighted by atomic mass is 10.3. The molecule has 0 bridgehead atoms. The van der Waals surface area contributed by atoms with E-state index in [4.69, 9.17) is 5.11 Å².